The molecule has 0 saturated carbocycles. The molecule has 0 radical (unpaired) electrons. The number of carbonyl (C=O) groups is 2. The van der Waals surface area contributed by atoms with E-state index in [0.29, 0.717) is 33.2 Å². The first-order valence-electron chi connectivity index (χ1n) is 9.73. The standard InChI is InChI=1S/C24H16ClF3N2O2S/c25-14-5-12(6-15(26)9-14)7-16-10-18-20(27)4-2-17(23(18)33-16)13-1-3-21(28)19(8-13)24(32)30-11-22(29)31/h1-6,8-10H,7,11H2,(H2,29,31)(H,30,32). The zero-order valence-electron chi connectivity index (χ0n) is 16.9. The van der Waals surface area contributed by atoms with Crippen LogP contribution >= 0.6 is 22.9 Å². The van der Waals surface area contributed by atoms with Crippen molar-refractivity contribution in [1.82, 2.24) is 5.32 Å². The zero-order chi connectivity index (χ0) is 23.7. The van der Waals surface area contributed by atoms with E-state index in [9.17, 15) is 22.8 Å². The van der Waals surface area contributed by atoms with Crippen LogP contribution in [0.25, 0.3) is 21.2 Å². The molecule has 0 aliphatic rings. The molecule has 0 aliphatic heterocycles. The number of benzene rings is 3. The van der Waals surface area contributed by atoms with Crippen LogP contribution in [0.15, 0.2) is 54.6 Å². The van der Waals surface area contributed by atoms with Gasteiger partial charge in [0, 0.05) is 26.4 Å². The molecule has 9 heteroatoms. The highest BCUT2D eigenvalue weighted by molar-refractivity contribution is 7.19. The second-order valence-corrected chi connectivity index (χ2v) is 8.92. The monoisotopic (exact) mass is 488 g/mol. The first-order chi connectivity index (χ1) is 15.7. The highest BCUT2D eigenvalue weighted by atomic mass is 35.5. The maximum atomic E-state index is 14.6. The van der Waals surface area contributed by atoms with Gasteiger partial charge in [-0.2, -0.15) is 0 Å². The number of hydrogen-bond acceptors (Lipinski definition) is 3. The molecule has 1 heterocycles. The molecule has 0 bridgehead atoms. The van der Waals surface area contributed by atoms with Gasteiger partial charge in [0.05, 0.1) is 12.1 Å². The molecule has 2 amide bonds. The van der Waals surface area contributed by atoms with Crippen molar-refractivity contribution in [2.45, 2.75) is 6.42 Å². The molecule has 0 saturated heterocycles. The molecule has 0 fully saturated rings. The molecule has 0 unspecified atom stereocenters. The average Bonchev–Trinajstić information content (AvgIpc) is 3.16. The number of thiophene rings is 1. The van der Waals surface area contributed by atoms with Crippen LogP contribution in [0.1, 0.15) is 20.8 Å². The van der Waals surface area contributed by atoms with Crippen molar-refractivity contribution in [2.75, 3.05) is 6.54 Å². The van der Waals surface area contributed by atoms with Crippen molar-refractivity contribution < 1.29 is 22.8 Å². The summed E-state index contributed by atoms with van der Waals surface area (Å²) in [4.78, 5) is 24.0. The van der Waals surface area contributed by atoms with E-state index in [1.807, 2.05) is 0 Å². The lowest BCUT2D eigenvalue weighted by molar-refractivity contribution is -0.117. The van der Waals surface area contributed by atoms with Crippen LogP contribution in [0.2, 0.25) is 5.02 Å². The Bertz CT molecular complexity index is 1380. The Balaban J connectivity index is 1.74. The quantitative estimate of drug-likeness (QED) is 0.379. The molecule has 4 rings (SSSR count). The average molecular weight is 489 g/mol. The molecule has 1 aromatic heterocycles. The third kappa shape index (κ3) is 5.02. The molecule has 4 nitrogen and oxygen atoms in total. The zero-order valence-corrected chi connectivity index (χ0v) is 18.5. The van der Waals surface area contributed by atoms with Gasteiger partial charge in [-0.05, 0) is 59.2 Å². The predicted octanol–water partition coefficient (Wildman–Crippen LogP) is 5.44. The Hall–Kier alpha value is -3.36. The third-order valence-electron chi connectivity index (χ3n) is 4.93. The highest BCUT2D eigenvalue weighted by Gasteiger charge is 2.17. The van der Waals surface area contributed by atoms with Gasteiger partial charge < -0.3 is 11.1 Å². The van der Waals surface area contributed by atoms with E-state index >= 15 is 0 Å². The predicted molar refractivity (Wildman–Crippen MR) is 123 cm³/mol. The van der Waals surface area contributed by atoms with Gasteiger partial charge in [-0.3, -0.25) is 9.59 Å². The van der Waals surface area contributed by atoms with Crippen molar-refractivity contribution in [3.63, 3.8) is 0 Å². The van der Waals surface area contributed by atoms with Gasteiger partial charge in [0.25, 0.3) is 5.91 Å². The molecule has 3 aromatic carbocycles. The van der Waals surface area contributed by atoms with Gasteiger partial charge in [-0.1, -0.05) is 23.7 Å². The number of halogens is 4. The summed E-state index contributed by atoms with van der Waals surface area (Å²) in [5, 5.41) is 2.88. The maximum Gasteiger partial charge on any atom is 0.254 e. The maximum absolute atomic E-state index is 14.6. The van der Waals surface area contributed by atoms with Gasteiger partial charge in [0.1, 0.15) is 17.5 Å². The third-order valence-corrected chi connectivity index (χ3v) is 6.31. The summed E-state index contributed by atoms with van der Waals surface area (Å²) in [7, 11) is 0. The Morgan fingerprint density at radius 2 is 1.73 bits per heavy atom. The van der Waals surface area contributed by atoms with Crippen LogP contribution in [-0.4, -0.2) is 18.4 Å². The molecule has 4 aromatic rings. The molecule has 33 heavy (non-hydrogen) atoms. The SMILES string of the molecule is NC(=O)CNC(=O)c1cc(-c2ccc(F)c3cc(Cc4cc(F)cc(Cl)c4)sc23)ccc1F. The van der Waals surface area contributed by atoms with Crippen molar-refractivity contribution in [2.24, 2.45) is 5.73 Å². The van der Waals surface area contributed by atoms with E-state index in [-0.39, 0.29) is 10.6 Å². The van der Waals surface area contributed by atoms with Crippen molar-refractivity contribution in [3.05, 3.63) is 93.1 Å². The number of nitrogens with one attached hydrogen (secondary N) is 1. The molecular weight excluding hydrogens is 473 g/mol. The van der Waals surface area contributed by atoms with Gasteiger partial charge >= 0.3 is 0 Å². The lowest BCUT2D eigenvalue weighted by atomic mass is 10.0. The molecule has 3 N–H and O–H groups in total. The van der Waals surface area contributed by atoms with Crippen molar-refractivity contribution >= 4 is 44.8 Å². The Morgan fingerprint density at radius 1 is 0.970 bits per heavy atom. The minimum Gasteiger partial charge on any atom is -0.368 e. The van der Waals surface area contributed by atoms with E-state index < -0.39 is 35.8 Å². The van der Waals surface area contributed by atoms with E-state index in [1.54, 1.807) is 18.2 Å². The number of primary amides is 1. The van der Waals surface area contributed by atoms with Crippen LogP contribution in [-0.2, 0) is 11.2 Å². The summed E-state index contributed by atoms with van der Waals surface area (Å²) in [5.41, 5.74) is 6.49. The Labute approximate surface area is 195 Å². The van der Waals surface area contributed by atoms with Gasteiger partial charge in [0.2, 0.25) is 5.91 Å². The first-order valence-corrected chi connectivity index (χ1v) is 10.9. The van der Waals surface area contributed by atoms with Gasteiger partial charge in [-0.15, -0.1) is 11.3 Å². The van der Waals surface area contributed by atoms with E-state index in [0.717, 1.165) is 10.9 Å². The molecule has 168 valence electrons. The molecule has 0 atom stereocenters. The van der Waals surface area contributed by atoms with Crippen LogP contribution in [0.5, 0.6) is 0 Å². The summed E-state index contributed by atoms with van der Waals surface area (Å²) in [6.45, 7) is -0.429. The fourth-order valence-corrected chi connectivity index (χ4v) is 4.98. The summed E-state index contributed by atoms with van der Waals surface area (Å²) >= 11 is 7.24. The minimum absolute atomic E-state index is 0.266. The van der Waals surface area contributed by atoms with Crippen LogP contribution in [0.3, 0.4) is 0 Å². The van der Waals surface area contributed by atoms with Gasteiger partial charge in [0.15, 0.2) is 0 Å². The lowest BCUT2D eigenvalue weighted by Crippen LogP contribution is -2.33. The van der Waals surface area contributed by atoms with E-state index in [1.165, 1.54) is 41.7 Å². The van der Waals surface area contributed by atoms with Crippen LogP contribution in [0, 0.1) is 17.5 Å². The number of nitrogens with two attached hydrogens (primary N) is 1. The second-order valence-electron chi connectivity index (χ2n) is 7.35. The smallest absolute Gasteiger partial charge is 0.254 e. The minimum atomic E-state index is -0.790. The summed E-state index contributed by atoms with van der Waals surface area (Å²) in [6, 6.07) is 12.7. The van der Waals surface area contributed by atoms with E-state index in [2.05, 4.69) is 5.32 Å². The van der Waals surface area contributed by atoms with Crippen LogP contribution in [0.4, 0.5) is 13.2 Å². The Kier molecular flexibility index (Phi) is 6.40. The number of fused-ring (bicyclic) bond motifs is 1. The van der Waals surface area contributed by atoms with E-state index in [4.69, 9.17) is 17.3 Å². The van der Waals surface area contributed by atoms with Gasteiger partial charge in [-0.25, -0.2) is 13.2 Å². The number of hydrogen-bond donors (Lipinski definition) is 2. The molecule has 0 spiro atoms. The molecule has 0 aliphatic carbocycles. The van der Waals surface area contributed by atoms with Crippen LogP contribution < -0.4 is 11.1 Å². The summed E-state index contributed by atoms with van der Waals surface area (Å²) < 4.78 is 43.1. The fraction of sp³-hybridized carbons (Fsp3) is 0.0833. The molecular formula is C24H16ClF3N2O2S. The van der Waals surface area contributed by atoms with Crippen molar-refractivity contribution in [3.8, 4) is 11.1 Å². The lowest BCUT2D eigenvalue weighted by Gasteiger charge is -2.09. The second kappa shape index (κ2) is 9.25. The fourth-order valence-electron chi connectivity index (χ4n) is 3.50. The first kappa shape index (κ1) is 22.8. The number of amides is 2. The Morgan fingerprint density at radius 3 is 2.45 bits per heavy atom. The summed E-state index contributed by atoms with van der Waals surface area (Å²) in [6.07, 6.45) is 0.347. The normalized spacial score (nSPS) is 11.0. The topological polar surface area (TPSA) is 72.2 Å². The number of rotatable bonds is 6. The number of carbonyl (C=O) groups excluding carboxylic acids is 2. The largest absolute Gasteiger partial charge is 0.368 e. The highest BCUT2D eigenvalue weighted by Crippen LogP contribution is 2.38. The summed E-state index contributed by atoms with van der Waals surface area (Å²) in [5.74, 6) is -3.21. The van der Waals surface area contributed by atoms with Crippen molar-refractivity contribution in [1.29, 1.82) is 0 Å².